The van der Waals surface area contributed by atoms with Gasteiger partial charge in [0.1, 0.15) is 12.6 Å². The van der Waals surface area contributed by atoms with Crippen LogP contribution in [0.3, 0.4) is 0 Å². The third kappa shape index (κ3) is 2.84. The summed E-state index contributed by atoms with van der Waals surface area (Å²) >= 11 is 0. The van der Waals surface area contributed by atoms with E-state index < -0.39 is 24.1 Å². The number of likely N-dealkylation sites (tertiary alicyclic amines) is 1. The van der Waals surface area contributed by atoms with Gasteiger partial charge in [0.05, 0.1) is 6.10 Å². The molecule has 3 unspecified atom stereocenters. The highest BCUT2D eigenvalue weighted by molar-refractivity contribution is 5.90. The number of amides is 3. The first-order valence-electron chi connectivity index (χ1n) is 6.63. The van der Waals surface area contributed by atoms with Crippen LogP contribution in [0.25, 0.3) is 0 Å². The van der Waals surface area contributed by atoms with Crippen LogP contribution in [0.1, 0.15) is 13.3 Å². The quantitative estimate of drug-likeness (QED) is 0.554. The van der Waals surface area contributed by atoms with Crippen LogP contribution in [0, 0.1) is 5.92 Å². The molecule has 2 rings (SSSR count). The number of piperazine rings is 1. The van der Waals surface area contributed by atoms with Gasteiger partial charge in [0, 0.05) is 19.6 Å². The molecule has 0 aromatic carbocycles. The maximum atomic E-state index is 12.4. The molecule has 20 heavy (non-hydrogen) atoms. The molecule has 8 nitrogen and oxygen atoms in total. The van der Waals surface area contributed by atoms with Crippen LogP contribution in [-0.2, 0) is 9.59 Å². The van der Waals surface area contributed by atoms with Crippen LogP contribution in [0.2, 0.25) is 0 Å². The Morgan fingerprint density at radius 3 is 2.70 bits per heavy atom. The molecule has 0 aromatic rings. The number of carbonyl (C=O) groups is 3. The highest BCUT2D eigenvalue weighted by Crippen LogP contribution is 2.19. The van der Waals surface area contributed by atoms with Crippen molar-refractivity contribution in [3.63, 3.8) is 0 Å². The molecule has 2 saturated heterocycles. The largest absolute Gasteiger partial charge is 0.480 e. The zero-order valence-corrected chi connectivity index (χ0v) is 11.3. The number of aliphatic carboxylic acids is 1. The average molecular weight is 285 g/mol. The Morgan fingerprint density at radius 1 is 1.40 bits per heavy atom. The summed E-state index contributed by atoms with van der Waals surface area (Å²) in [5.74, 6) is -1.41. The van der Waals surface area contributed by atoms with Crippen molar-refractivity contribution in [2.45, 2.75) is 25.5 Å². The van der Waals surface area contributed by atoms with Crippen LogP contribution in [-0.4, -0.2) is 76.2 Å². The van der Waals surface area contributed by atoms with Gasteiger partial charge in [0.2, 0.25) is 5.91 Å². The fraction of sp³-hybridized carbons (Fsp3) is 0.750. The minimum Gasteiger partial charge on any atom is -0.480 e. The van der Waals surface area contributed by atoms with Crippen molar-refractivity contribution < 1.29 is 24.6 Å². The van der Waals surface area contributed by atoms with Crippen molar-refractivity contribution in [2.24, 2.45) is 5.92 Å². The molecule has 0 saturated carbocycles. The fourth-order valence-electron chi connectivity index (χ4n) is 2.47. The van der Waals surface area contributed by atoms with E-state index in [4.69, 9.17) is 5.11 Å². The molecule has 2 heterocycles. The van der Waals surface area contributed by atoms with E-state index in [9.17, 15) is 19.5 Å². The third-order valence-corrected chi connectivity index (χ3v) is 3.90. The lowest BCUT2D eigenvalue weighted by Gasteiger charge is -2.40. The van der Waals surface area contributed by atoms with E-state index >= 15 is 0 Å². The van der Waals surface area contributed by atoms with E-state index in [0.717, 1.165) is 4.90 Å². The molecule has 3 amide bonds. The van der Waals surface area contributed by atoms with E-state index in [1.54, 1.807) is 0 Å². The van der Waals surface area contributed by atoms with Gasteiger partial charge >= 0.3 is 12.0 Å². The Morgan fingerprint density at radius 2 is 2.10 bits per heavy atom. The van der Waals surface area contributed by atoms with Gasteiger partial charge in [-0.2, -0.15) is 0 Å². The number of aliphatic hydroxyl groups excluding tert-OH is 1. The molecule has 0 aliphatic carbocycles. The Balaban J connectivity index is 2.09. The first-order valence-corrected chi connectivity index (χ1v) is 6.63. The number of carboxylic acid groups (broad SMARTS) is 1. The second kappa shape index (κ2) is 5.66. The van der Waals surface area contributed by atoms with Crippen LogP contribution >= 0.6 is 0 Å². The maximum absolute atomic E-state index is 12.4. The van der Waals surface area contributed by atoms with Crippen molar-refractivity contribution in [3.8, 4) is 0 Å². The van der Waals surface area contributed by atoms with Gasteiger partial charge in [-0.1, -0.05) is 6.92 Å². The number of nitrogens with one attached hydrogen (secondary N) is 1. The molecule has 2 aliphatic heterocycles. The van der Waals surface area contributed by atoms with Crippen molar-refractivity contribution in [2.75, 3.05) is 26.2 Å². The van der Waals surface area contributed by atoms with E-state index in [1.165, 1.54) is 4.90 Å². The number of urea groups is 1. The van der Waals surface area contributed by atoms with Crippen molar-refractivity contribution in [3.05, 3.63) is 0 Å². The van der Waals surface area contributed by atoms with Crippen molar-refractivity contribution in [1.29, 1.82) is 0 Å². The number of carbonyl (C=O) groups excluding carboxylic acids is 2. The minimum atomic E-state index is -1.15. The Labute approximate surface area is 116 Å². The number of rotatable bonds is 1. The normalized spacial score (nSPS) is 30.9. The molecular weight excluding hydrogens is 266 g/mol. The molecule has 2 aliphatic rings. The summed E-state index contributed by atoms with van der Waals surface area (Å²) in [6, 6.07) is -1.56. The summed E-state index contributed by atoms with van der Waals surface area (Å²) in [6.07, 6.45) is 0.0413. The summed E-state index contributed by atoms with van der Waals surface area (Å²) in [5, 5.41) is 21.4. The Bertz CT molecular complexity index is 427. The lowest BCUT2D eigenvalue weighted by molar-refractivity contribution is -0.144. The number of piperidine rings is 1. The standard InChI is InChI=1S/C12H19N3O5/c1-7-2-3-14(5-9(7)16)12(20)15-6-10(17)13-4-8(15)11(18)19/h7-9,16H,2-6H2,1H3,(H,13,17)(H,18,19). The molecule has 0 radical (unpaired) electrons. The van der Waals surface area contributed by atoms with E-state index in [0.29, 0.717) is 13.0 Å². The Hall–Kier alpha value is -1.83. The van der Waals surface area contributed by atoms with E-state index in [-0.39, 0.29) is 31.5 Å². The second-order valence-electron chi connectivity index (χ2n) is 5.35. The highest BCUT2D eigenvalue weighted by Gasteiger charge is 2.39. The van der Waals surface area contributed by atoms with Gasteiger partial charge in [-0.3, -0.25) is 9.69 Å². The van der Waals surface area contributed by atoms with Crippen LogP contribution < -0.4 is 5.32 Å². The lowest BCUT2D eigenvalue weighted by atomic mass is 9.96. The number of β-amino-alcohol motifs (C(OH)–C–C–N with tert-alkyl or cyclic N) is 1. The fourth-order valence-corrected chi connectivity index (χ4v) is 2.47. The first kappa shape index (κ1) is 14.6. The summed E-state index contributed by atoms with van der Waals surface area (Å²) in [4.78, 5) is 37.4. The van der Waals surface area contributed by atoms with Crippen molar-refractivity contribution in [1.82, 2.24) is 15.1 Å². The minimum absolute atomic E-state index is 0.0906. The van der Waals surface area contributed by atoms with E-state index in [2.05, 4.69) is 5.32 Å². The number of nitrogens with zero attached hydrogens (tertiary/aromatic N) is 2. The van der Waals surface area contributed by atoms with Gasteiger partial charge in [-0.25, -0.2) is 9.59 Å². The molecule has 0 aromatic heterocycles. The van der Waals surface area contributed by atoms with Gasteiger partial charge in [-0.15, -0.1) is 0 Å². The zero-order chi connectivity index (χ0) is 14.9. The van der Waals surface area contributed by atoms with Crippen molar-refractivity contribution >= 4 is 17.9 Å². The predicted octanol–water partition coefficient (Wildman–Crippen LogP) is -1.31. The SMILES string of the molecule is CC1CCN(C(=O)N2CC(=O)NCC2C(=O)O)CC1O. The van der Waals surface area contributed by atoms with Gasteiger partial charge < -0.3 is 20.4 Å². The number of aliphatic hydroxyl groups is 1. The number of hydrogen-bond acceptors (Lipinski definition) is 4. The highest BCUT2D eigenvalue weighted by atomic mass is 16.4. The van der Waals surface area contributed by atoms with Crippen LogP contribution in [0.15, 0.2) is 0 Å². The summed E-state index contributed by atoms with van der Waals surface area (Å²) in [7, 11) is 0. The monoisotopic (exact) mass is 285 g/mol. The Kier molecular flexibility index (Phi) is 4.12. The molecule has 2 fully saturated rings. The van der Waals surface area contributed by atoms with Crippen LogP contribution in [0.4, 0.5) is 4.79 Å². The molecule has 0 bridgehead atoms. The molecule has 3 N–H and O–H groups in total. The van der Waals surface area contributed by atoms with Gasteiger partial charge in [0.15, 0.2) is 0 Å². The van der Waals surface area contributed by atoms with Gasteiger partial charge in [-0.05, 0) is 12.3 Å². The van der Waals surface area contributed by atoms with E-state index in [1.807, 2.05) is 6.92 Å². The smallest absolute Gasteiger partial charge is 0.328 e. The molecule has 0 spiro atoms. The van der Waals surface area contributed by atoms with Crippen LogP contribution in [0.5, 0.6) is 0 Å². The lowest BCUT2D eigenvalue weighted by Crippen LogP contribution is -2.63. The summed E-state index contributed by atoms with van der Waals surface area (Å²) in [5.41, 5.74) is 0. The number of carboxylic acids is 1. The summed E-state index contributed by atoms with van der Waals surface area (Å²) in [6.45, 7) is 2.18. The second-order valence-corrected chi connectivity index (χ2v) is 5.35. The molecule has 8 heteroatoms. The molecular formula is C12H19N3O5. The summed E-state index contributed by atoms with van der Waals surface area (Å²) < 4.78 is 0. The average Bonchev–Trinajstić information content (AvgIpc) is 2.40. The van der Waals surface area contributed by atoms with Gasteiger partial charge in [0.25, 0.3) is 0 Å². The predicted molar refractivity (Wildman–Crippen MR) is 67.9 cm³/mol. The number of hydrogen-bond donors (Lipinski definition) is 3. The molecule has 3 atom stereocenters. The zero-order valence-electron chi connectivity index (χ0n) is 11.3. The third-order valence-electron chi connectivity index (χ3n) is 3.90. The first-order chi connectivity index (χ1) is 9.40. The topological polar surface area (TPSA) is 110 Å². The maximum Gasteiger partial charge on any atom is 0.328 e. The molecule has 112 valence electrons.